The molecule has 7 nitrogen and oxygen atoms in total. The van der Waals surface area contributed by atoms with Crippen LogP contribution in [0.1, 0.15) is 247 Å². The predicted octanol–water partition coefficient (Wildman–Crippen LogP) is 15.6. The number of carbonyl (C=O) groups excluding carboxylic acids is 5. The maximum Gasteiger partial charge on any atom is 0.373 e. The summed E-state index contributed by atoms with van der Waals surface area (Å²) in [6.07, 6.45) is 34.2. The third-order valence-corrected chi connectivity index (χ3v) is 28.7. The first-order valence-electron chi connectivity index (χ1n) is 32.5. The van der Waals surface area contributed by atoms with Gasteiger partial charge in [0.2, 0.25) is 0 Å². The van der Waals surface area contributed by atoms with Crippen molar-refractivity contribution in [2.45, 2.75) is 254 Å². The Morgan fingerprint density at radius 1 is 0.390 bits per heavy atom. The van der Waals surface area contributed by atoms with Gasteiger partial charge in [0.1, 0.15) is 17.3 Å². The Bertz CT molecular complexity index is 2230. The van der Waals surface area contributed by atoms with Crippen molar-refractivity contribution in [1.82, 2.24) is 0 Å². The van der Waals surface area contributed by atoms with Gasteiger partial charge in [0, 0.05) is 17.8 Å². The van der Waals surface area contributed by atoms with Crippen LogP contribution in [0.3, 0.4) is 0 Å². The van der Waals surface area contributed by atoms with Crippen LogP contribution >= 0.6 is 0 Å². The predicted molar refractivity (Wildman–Crippen MR) is 304 cm³/mol. The van der Waals surface area contributed by atoms with E-state index >= 15 is 0 Å². The third kappa shape index (κ3) is 9.84. The van der Waals surface area contributed by atoms with E-state index in [0.29, 0.717) is 56.8 Å². The van der Waals surface area contributed by atoms with Crippen LogP contribution < -0.4 is 0 Å². The molecule has 13 rings (SSSR count). The van der Waals surface area contributed by atoms with Gasteiger partial charge in [-0.3, -0.25) is 14.4 Å². The molecule has 12 saturated carbocycles. The molecule has 0 aliphatic heterocycles. The minimum atomic E-state index is -0.0490. The first-order valence-corrected chi connectivity index (χ1v) is 32.5. The number of rotatable bonds is 4. The summed E-state index contributed by atoms with van der Waals surface area (Å²) in [6, 6.07) is 11.3. The Morgan fingerprint density at radius 3 is 1.03 bits per heavy atom. The van der Waals surface area contributed by atoms with Crippen molar-refractivity contribution < 1.29 is 34.2 Å². The minimum Gasteiger partial charge on any atom is -0.393 e. The Kier molecular flexibility index (Phi) is 16.5. The summed E-state index contributed by atoms with van der Waals surface area (Å²) in [7, 11) is 0. The summed E-state index contributed by atoms with van der Waals surface area (Å²) in [5.41, 5.74) is 3.90. The molecule has 1 aromatic carbocycles. The molecule has 428 valence electrons. The SMILES string of the molecule is CC(=O)[C@H]1CCC2C3CC[C@H]4C[C@@H](O)CC[C@]4(C)C3CC[C@@]21C.CC(=O)[C@H]1CCC2C3CC[C@H]4C[C@H](O)CC[C@]4(C)C3CC[C@@]21C.CC(=O)[C@H]1CCC2C3CC[C@H]4C[C@H](c5ccccc5)CC[C@]4(C)C3CC[C@@]21C.O=C=O. The van der Waals surface area contributed by atoms with E-state index < -0.39 is 0 Å². The summed E-state index contributed by atoms with van der Waals surface area (Å²) >= 11 is 0. The molecular weight excluding hydrogens is 953 g/mol. The molecule has 0 bridgehead atoms. The summed E-state index contributed by atoms with van der Waals surface area (Å²) in [5.74, 6) is 13.0. The molecule has 0 amide bonds. The maximum absolute atomic E-state index is 12.3. The second-order valence-corrected chi connectivity index (χ2v) is 31.1. The standard InChI is InChI=1S/C27H38O.2C21H34O2.CO2/c1-18(28)23-11-12-24-22-10-9-21-17-20(19-7-5-4-6-8-19)13-15-26(21,2)25(22)14-16-27(23,24)3;2*1-13(22)17-6-7-18-16-5-4-14-12-15(23)8-10-20(14,2)19(16)9-11-21(17,18)3;2-1-3/h4-8,20-25H,9-17H2,1-3H3;2*14-19,23H,4-12H2,1-3H3;/t20-,21+,22?,23-,24?,25?,26+,27-;14-,15+,16?,17+,18?,19?,20-,21+;14-,15-,16?,17+,18?,19?,20-,21+;/m100./s1. The van der Waals surface area contributed by atoms with Crippen molar-refractivity contribution in [3.05, 3.63) is 35.9 Å². The Morgan fingerprint density at radius 2 is 0.688 bits per heavy atom. The van der Waals surface area contributed by atoms with Gasteiger partial charge in [0.15, 0.2) is 0 Å². The maximum atomic E-state index is 12.3. The van der Waals surface area contributed by atoms with Gasteiger partial charge in [-0.2, -0.15) is 9.59 Å². The number of Topliss-reactive ketones (excluding diaryl/α,β-unsaturated/α-hetero) is 3. The number of carbonyl (C=O) groups is 3. The molecule has 77 heavy (non-hydrogen) atoms. The monoisotopic (exact) mass is 1060 g/mol. The van der Waals surface area contributed by atoms with Crippen LogP contribution in [0, 0.1) is 121 Å². The average molecular weight is 1060 g/mol. The van der Waals surface area contributed by atoms with Crippen LogP contribution in [0.4, 0.5) is 0 Å². The highest BCUT2D eigenvalue weighted by molar-refractivity contribution is 5.80. The van der Waals surface area contributed by atoms with Gasteiger partial charge < -0.3 is 10.2 Å². The Hall–Kier alpha value is -2.47. The molecule has 0 radical (unpaired) electrons. The van der Waals surface area contributed by atoms with Crippen molar-refractivity contribution >= 4 is 23.5 Å². The second-order valence-electron chi connectivity index (χ2n) is 31.1. The zero-order valence-corrected chi connectivity index (χ0v) is 49.8. The minimum absolute atomic E-state index is 0.0490. The van der Waals surface area contributed by atoms with E-state index in [-0.39, 0.29) is 29.2 Å². The lowest BCUT2D eigenvalue weighted by atomic mass is 9.44. The fourth-order valence-electron chi connectivity index (χ4n) is 24.8. The number of hydrogen-bond donors (Lipinski definition) is 2. The molecular formula is C70H106O7. The second kappa shape index (κ2) is 22.0. The summed E-state index contributed by atoms with van der Waals surface area (Å²) < 4.78 is 0. The molecule has 12 aliphatic carbocycles. The summed E-state index contributed by atoms with van der Waals surface area (Å²) in [5, 5.41) is 20.2. The molecule has 9 unspecified atom stereocenters. The highest BCUT2D eigenvalue weighted by atomic mass is 16.3. The molecule has 24 atom stereocenters. The average Bonchev–Trinajstić information content (AvgIpc) is 4.20. The highest BCUT2D eigenvalue weighted by Gasteiger charge is 2.64. The van der Waals surface area contributed by atoms with E-state index in [2.05, 4.69) is 71.9 Å². The summed E-state index contributed by atoms with van der Waals surface area (Å²) in [4.78, 5) is 52.9. The van der Waals surface area contributed by atoms with Gasteiger partial charge in [-0.05, 0) is 309 Å². The highest BCUT2D eigenvalue weighted by Crippen LogP contribution is 2.71. The van der Waals surface area contributed by atoms with E-state index in [9.17, 15) is 24.6 Å². The molecule has 2 N–H and O–H groups in total. The summed E-state index contributed by atoms with van der Waals surface area (Å²) in [6.45, 7) is 20.6. The molecule has 12 aliphatic rings. The number of aliphatic hydroxyl groups excluding tert-OH is 2. The molecule has 1 aromatic rings. The van der Waals surface area contributed by atoms with E-state index in [1.807, 2.05) is 20.8 Å². The molecule has 7 heteroatoms. The lowest BCUT2D eigenvalue weighted by Crippen LogP contribution is -2.54. The first-order chi connectivity index (χ1) is 36.6. The molecule has 0 heterocycles. The van der Waals surface area contributed by atoms with Crippen molar-refractivity contribution in [3.8, 4) is 0 Å². The number of aliphatic hydroxyl groups is 2. The number of fused-ring (bicyclic) bond motifs is 15. The lowest BCUT2D eigenvalue weighted by molar-refractivity contribution is -0.191. The van der Waals surface area contributed by atoms with E-state index in [1.165, 1.54) is 128 Å². The molecule has 0 aromatic heterocycles. The normalized spacial score (nSPS) is 50.7. The Labute approximate surface area is 466 Å². The van der Waals surface area contributed by atoms with Gasteiger partial charge >= 0.3 is 6.15 Å². The van der Waals surface area contributed by atoms with Crippen molar-refractivity contribution in [2.75, 3.05) is 0 Å². The van der Waals surface area contributed by atoms with Crippen molar-refractivity contribution in [3.63, 3.8) is 0 Å². The smallest absolute Gasteiger partial charge is 0.373 e. The van der Waals surface area contributed by atoms with Crippen LogP contribution in [0.15, 0.2) is 30.3 Å². The van der Waals surface area contributed by atoms with Crippen LogP contribution in [0.5, 0.6) is 0 Å². The van der Waals surface area contributed by atoms with Crippen LogP contribution in [0.25, 0.3) is 0 Å². The van der Waals surface area contributed by atoms with Crippen molar-refractivity contribution in [2.24, 2.45) is 121 Å². The molecule has 0 saturated heterocycles. The Balaban J connectivity index is 0.000000128. The van der Waals surface area contributed by atoms with E-state index in [4.69, 9.17) is 9.59 Å². The lowest BCUT2D eigenvalue weighted by Gasteiger charge is -2.61. The van der Waals surface area contributed by atoms with Gasteiger partial charge in [-0.25, -0.2) is 0 Å². The fraction of sp³-hybridized carbons (Fsp3) is 0.857. The number of hydrogen-bond acceptors (Lipinski definition) is 7. The third-order valence-electron chi connectivity index (χ3n) is 28.7. The van der Waals surface area contributed by atoms with Crippen LogP contribution in [0.2, 0.25) is 0 Å². The largest absolute Gasteiger partial charge is 0.393 e. The van der Waals surface area contributed by atoms with Gasteiger partial charge in [0.25, 0.3) is 0 Å². The van der Waals surface area contributed by atoms with Gasteiger partial charge in [0.05, 0.1) is 12.2 Å². The quantitative estimate of drug-likeness (QED) is 0.308. The topological polar surface area (TPSA) is 126 Å². The first kappa shape index (κ1) is 57.8. The van der Waals surface area contributed by atoms with Crippen LogP contribution in [-0.2, 0) is 24.0 Å². The van der Waals surface area contributed by atoms with Gasteiger partial charge in [-0.1, -0.05) is 71.9 Å². The number of benzene rings is 1. The van der Waals surface area contributed by atoms with Crippen molar-refractivity contribution in [1.29, 1.82) is 0 Å². The number of ketones is 3. The zero-order chi connectivity index (χ0) is 55.0. The molecule has 12 fully saturated rings. The zero-order valence-electron chi connectivity index (χ0n) is 49.8. The van der Waals surface area contributed by atoms with Gasteiger partial charge in [-0.15, -0.1) is 0 Å². The van der Waals surface area contributed by atoms with Crippen LogP contribution in [-0.4, -0.2) is 45.9 Å². The fourth-order valence-corrected chi connectivity index (χ4v) is 24.8. The van der Waals surface area contributed by atoms with E-state index in [1.54, 1.807) is 5.56 Å². The molecule has 0 spiro atoms. The van der Waals surface area contributed by atoms with E-state index in [0.717, 1.165) is 122 Å².